The predicted molar refractivity (Wildman–Crippen MR) is 81.6 cm³/mol. The van der Waals surface area contributed by atoms with E-state index in [0.717, 1.165) is 26.1 Å². The lowest BCUT2D eigenvalue weighted by Crippen LogP contribution is -2.37. The average molecular weight is 261 g/mol. The number of nitrogens with zero attached hydrogens (tertiary/aromatic N) is 2. The van der Waals surface area contributed by atoms with Gasteiger partial charge in [-0.3, -0.25) is 0 Å². The summed E-state index contributed by atoms with van der Waals surface area (Å²) in [5.74, 6) is 1.17. The highest BCUT2D eigenvalue weighted by Gasteiger charge is 2.26. The fourth-order valence-corrected chi connectivity index (χ4v) is 2.62. The molecule has 3 nitrogen and oxygen atoms in total. The smallest absolute Gasteiger partial charge is 0.129 e. The van der Waals surface area contributed by atoms with Gasteiger partial charge in [0.15, 0.2) is 0 Å². The van der Waals surface area contributed by atoms with E-state index in [4.69, 9.17) is 4.98 Å². The summed E-state index contributed by atoms with van der Waals surface area (Å²) < 4.78 is 0. The van der Waals surface area contributed by atoms with Crippen LogP contribution in [0.4, 0.5) is 5.82 Å². The van der Waals surface area contributed by atoms with E-state index in [-0.39, 0.29) is 0 Å². The van der Waals surface area contributed by atoms with Crippen molar-refractivity contribution >= 4 is 5.82 Å². The molecule has 19 heavy (non-hydrogen) atoms. The van der Waals surface area contributed by atoms with Crippen LogP contribution in [0.2, 0.25) is 0 Å². The van der Waals surface area contributed by atoms with Crippen LogP contribution >= 0.6 is 0 Å². The van der Waals surface area contributed by atoms with E-state index in [1.807, 2.05) is 7.05 Å². The highest BCUT2D eigenvalue weighted by Crippen LogP contribution is 2.31. The van der Waals surface area contributed by atoms with Crippen molar-refractivity contribution in [2.75, 3.05) is 25.0 Å². The Kier molecular flexibility index (Phi) is 4.46. The van der Waals surface area contributed by atoms with Crippen molar-refractivity contribution in [2.45, 2.75) is 46.6 Å². The SMILES string of the molecule is CCc1cc(CNC)cc(N2CCC(C)(C)CC2)n1. The Labute approximate surface area is 117 Å². The van der Waals surface area contributed by atoms with Crippen LogP contribution in [-0.4, -0.2) is 25.1 Å². The highest BCUT2D eigenvalue weighted by atomic mass is 15.2. The molecule has 1 aromatic rings. The Bertz CT molecular complexity index is 416. The Morgan fingerprint density at radius 1 is 1.26 bits per heavy atom. The molecule has 0 amide bonds. The van der Waals surface area contributed by atoms with Gasteiger partial charge in [-0.15, -0.1) is 0 Å². The van der Waals surface area contributed by atoms with Gasteiger partial charge in [0.25, 0.3) is 0 Å². The predicted octanol–water partition coefficient (Wildman–Crippen LogP) is 2.99. The van der Waals surface area contributed by atoms with Crippen LogP contribution in [0.1, 0.15) is 44.9 Å². The van der Waals surface area contributed by atoms with Gasteiger partial charge >= 0.3 is 0 Å². The third kappa shape index (κ3) is 3.69. The highest BCUT2D eigenvalue weighted by molar-refractivity contribution is 5.43. The van der Waals surface area contributed by atoms with E-state index in [0.29, 0.717) is 5.41 Å². The zero-order valence-corrected chi connectivity index (χ0v) is 12.8. The topological polar surface area (TPSA) is 28.2 Å². The number of hydrogen-bond acceptors (Lipinski definition) is 3. The Morgan fingerprint density at radius 2 is 1.95 bits per heavy atom. The largest absolute Gasteiger partial charge is 0.357 e. The average Bonchev–Trinajstić information content (AvgIpc) is 2.38. The summed E-state index contributed by atoms with van der Waals surface area (Å²) in [5, 5.41) is 3.23. The van der Waals surface area contributed by atoms with Crippen molar-refractivity contribution in [2.24, 2.45) is 5.41 Å². The van der Waals surface area contributed by atoms with Gasteiger partial charge < -0.3 is 10.2 Å². The molecule has 106 valence electrons. The number of piperidine rings is 1. The summed E-state index contributed by atoms with van der Waals surface area (Å²) in [6.07, 6.45) is 3.52. The van der Waals surface area contributed by atoms with Gasteiger partial charge in [-0.2, -0.15) is 0 Å². The van der Waals surface area contributed by atoms with Crippen molar-refractivity contribution in [3.63, 3.8) is 0 Å². The molecule has 3 heteroatoms. The second-order valence-corrected chi connectivity index (χ2v) is 6.36. The first-order valence-corrected chi connectivity index (χ1v) is 7.43. The number of aromatic nitrogens is 1. The number of pyridine rings is 1. The number of anilines is 1. The first kappa shape index (κ1) is 14.3. The molecule has 0 radical (unpaired) electrons. The van der Waals surface area contributed by atoms with E-state index in [2.05, 4.69) is 43.1 Å². The summed E-state index contributed by atoms with van der Waals surface area (Å²) in [4.78, 5) is 7.25. The lowest BCUT2D eigenvalue weighted by Gasteiger charge is -2.37. The lowest BCUT2D eigenvalue weighted by atomic mass is 9.83. The van der Waals surface area contributed by atoms with E-state index < -0.39 is 0 Å². The third-order valence-electron chi connectivity index (χ3n) is 4.11. The van der Waals surface area contributed by atoms with Gasteiger partial charge in [-0.05, 0) is 49.4 Å². The normalized spacial score (nSPS) is 18.6. The Hall–Kier alpha value is -1.09. The molecule has 2 heterocycles. The van der Waals surface area contributed by atoms with Gasteiger partial charge in [0.2, 0.25) is 0 Å². The molecule has 0 bridgehead atoms. The maximum Gasteiger partial charge on any atom is 0.129 e. The van der Waals surface area contributed by atoms with E-state index in [9.17, 15) is 0 Å². The fraction of sp³-hybridized carbons (Fsp3) is 0.688. The third-order valence-corrected chi connectivity index (χ3v) is 4.11. The molecule has 1 aliphatic heterocycles. The Morgan fingerprint density at radius 3 is 2.53 bits per heavy atom. The molecule has 1 aliphatic rings. The maximum atomic E-state index is 4.80. The molecule has 1 fully saturated rings. The quantitative estimate of drug-likeness (QED) is 0.903. The maximum absolute atomic E-state index is 4.80. The molecule has 0 saturated carbocycles. The van der Waals surface area contributed by atoms with E-state index in [1.165, 1.54) is 29.9 Å². The van der Waals surface area contributed by atoms with Crippen LogP contribution in [0.25, 0.3) is 0 Å². The monoisotopic (exact) mass is 261 g/mol. The van der Waals surface area contributed by atoms with Gasteiger partial charge in [0.1, 0.15) is 5.82 Å². The minimum absolute atomic E-state index is 0.493. The number of rotatable bonds is 4. The summed E-state index contributed by atoms with van der Waals surface area (Å²) in [6.45, 7) is 10.1. The van der Waals surface area contributed by atoms with Crippen LogP contribution in [-0.2, 0) is 13.0 Å². The van der Waals surface area contributed by atoms with Crippen LogP contribution in [0.5, 0.6) is 0 Å². The minimum atomic E-state index is 0.493. The molecule has 2 rings (SSSR count). The summed E-state index contributed by atoms with van der Waals surface area (Å²) in [5.41, 5.74) is 3.04. The standard InChI is InChI=1S/C16H27N3/c1-5-14-10-13(12-17-4)11-15(18-14)19-8-6-16(2,3)7-9-19/h10-11,17H,5-9,12H2,1-4H3. The molecule has 0 atom stereocenters. The molecular weight excluding hydrogens is 234 g/mol. The van der Waals surface area contributed by atoms with E-state index >= 15 is 0 Å². The number of aryl methyl sites for hydroxylation is 1. The van der Waals surface area contributed by atoms with Gasteiger partial charge in [-0.25, -0.2) is 4.98 Å². The van der Waals surface area contributed by atoms with Crippen LogP contribution in [0.15, 0.2) is 12.1 Å². The first-order valence-electron chi connectivity index (χ1n) is 7.43. The van der Waals surface area contributed by atoms with Gasteiger partial charge in [0.05, 0.1) is 0 Å². The number of hydrogen-bond donors (Lipinski definition) is 1. The van der Waals surface area contributed by atoms with Crippen molar-refractivity contribution in [1.29, 1.82) is 0 Å². The van der Waals surface area contributed by atoms with Crippen molar-refractivity contribution < 1.29 is 0 Å². The molecule has 0 aromatic carbocycles. The summed E-state index contributed by atoms with van der Waals surface area (Å²) in [7, 11) is 2.00. The van der Waals surface area contributed by atoms with Crippen LogP contribution in [0, 0.1) is 5.41 Å². The zero-order chi connectivity index (χ0) is 13.9. The Balaban J connectivity index is 2.17. The van der Waals surface area contributed by atoms with Crippen LogP contribution < -0.4 is 10.2 Å². The van der Waals surface area contributed by atoms with Crippen molar-refractivity contribution in [3.8, 4) is 0 Å². The second kappa shape index (κ2) is 5.91. The zero-order valence-electron chi connectivity index (χ0n) is 12.8. The molecule has 0 unspecified atom stereocenters. The molecule has 1 N–H and O–H groups in total. The summed E-state index contributed by atoms with van der Waals surface area (Å²) >= 11 is 0. The molecular formula is C16H27N3. The van der Waals surface area contributed by atoms with Crippen LogP contribution in [0.3, 0.4) is 0 Å². The first-order chi connectivity index (χ1) is 9.04. The van der Waals surface area contributed by atoms with Gasteiger partial charge in [-0.1, -0.05) is 20.8 Å². The molecule has 0 spiro atoms. The minimum Gasteiger partial charge on any atom is -0.357 e. The number of nitrogens with one attached hydrogen (secondary N) is 1. The molecule has 1 aromatic heterocycles. The summed E-state index contributed by atoms with van der Waals surface area (Å²) in [6, 6.07) is 4.46. The lowest BCUT2D eigenvalue weighted by molar-refractivity contribution is 0.279. The van der Waals surface area contributed by atoms with E-state index in [1.54, 1.807) is 0 Å². The molecule has 1 saturated heterocycles. The fourth-order valence-electron chi connectivity index (χ4n) is 2.62. The van der Waals surface area contributed by atoms with Crippen molar-refractivity contribution in [1.82, 2.24) is 10.3 Å². The van der Waals surface area contributed by atoms with Crippen molar-refractivity contribution in [3.05, 3.63) is 23.4 Å². The molecule has 0 aliphatic carbocycles. The van der Waals surface area contributed by atoms with Gasteiger partial charge in [0, 0.05) is 25.3 Å². The second-order valence-electron chi connectivity index (χ2n) is 6.36.